The van der Waals surface area contributed by atoms with Crippen molar-refractivity contribution in [3.63, 3.8) is 0 Å². The minimum Gasteiger partial charge on any atom is -0.484 e. The molecule has 0 fully saturated rings. The first-order valence-electron chi connectivity index (χ1n) is 6.03. The van der Waals surface area contributed by atoms with E-state index in [0.717, 1.165) is 11.4 Å². The van der Waals surface area contributed by atoms with Crippen molar-refractivity contribution in [2.75, 3.05) is 5.73 Å². The Balaban J connectivity index is 2.26. The fourth-order valence-corrected chi connectivity index (χ4v) is 2.63. The van der Waals surface area contributed by atoms with Crippen LogP contribution in [0, 0.1) is 12.7 Å². The van der Waals surface area contributed by atoms with Crippen LogP contribution in [0.5, 0.6) is 5.75 Å². The Bertz CT molecular complexity index is 622. The van der Waals surface area contributed by atoms with Crippen LogP contribution in [-0.4, -0.2) is 9.78 Å². The molecule has 0 atom stereocenters. The first-order valence-corrected chi connectivity index (χ1v) is 7.20. The highest BCUT2D eigenvalue weighted by Crippen LogP contribution is 2.33. The van der Waals surface area contributed by atoms with Crippen LogP contribution in [0.25, 0.3) is 0 Å². The molecule has 2 aromatic rings. The summed E-state index contributed by atoms with van der Waals surface area (Å²) in [4.78, 5) is 0. The average Bonchev–Trinajstić information content (AvgIpc) is 2.64. The molecule has 0 saturated carbocycles. The summed E-state index contributed by atoms with van der Waals surface area (Å²) in [6.45, 7) is 4.70. The highest BCUT2D eigenvalue weighted by Gasteiger charge is 2.15. The lowest BCUT2D eigenvalue weighted by Gasteiger charge is -2.12. The number of nitrogens with two attached hydrogens (primary N) is 1. The minimum absolute atomic E-state index is 0.210. The van der Waals surface area contributed by atoms with Gasteiger partial charge >= 0.3 is 0 Å². The summed E-state index contributed by atoms with van der Waals surface area (Å²) in [5.41, 5.74) is 7.49. The van der Waals surface area contributed by atoms with E-state index in [2.05, 4.69) is 21.0 Å². The maximum atomic E-state index is 13.2. The monoisotopic (exact) mass is 361 g/mol. The van der Waals surface area contributed by atoms with Crippen molar-refractivity contribution in [3.8, 4) is 5.75 Å². The van der Waals surface area contributed by atoms with Crippen LogP contribution >= 0.6 is 27.5 Å². The van der Waals surface area contributed by atoms with Crippen molar-refractivity contribution in [2.45, 2.75) is 27.0 Å². The number of nitrogens with zero attached hydrogens (tertiary/aromatic N) is 2. The molecule has 0 aliphatic heterocycles. The molecular weight excluding hydrogens is 349 g/mol. The lowest BCUT2D eigenvalue weighted by molar-refractivity contribution is 0.292. The third-order valence-electron chi connectivity index (χ3n) is 2.84. The highest BCUT2D eigenvalue weighted by atomic mass is 79.9. The summed E-state index contributed by atoms with van der Waals surface area (Å²) in [6.07, 6.45) is 0. The fraction of sp³-hybridized carbons (Fsp3) is 0.308. The molecule has 0 aliphatic rings. The van der Waals surface area contributed by atoms with Gasteiger partial charge in [0.2, 0.25) is 0 Å². The Morgan fingerprint density at radius 2 is 2.20 bits per heavy atom. The van der Waals surface area contributed by atoms with Gasteiger partial charge in [-0.25, -0.2) is 4.39 Å². The molecule has 1 heterocycles. The zero-order valence-corrected chi connectivity index (χ0v) is 13.4. The summed E-state index contributed by atoms with van der Waals surface area (Å²) in [7, 11) is 0. The predicted octanol–water partition coefficient (Wildman–Crippen LogP) is 3.93. The van der Waals surface area contributed by atoms with E-state index in [1.54, 1.807) is 4.68 Å². The molecule has 0 amide bonds. The van der Waals surface area contributed by atoms with Gasteiger partial charge in [-0.15, -0.1) is 0 Å². The minimum atomic E-state index is -0.422. The Hall–Kier alpha value is -1.27. The summed E-state index contributed by atoms with van der Waals surface area (Å²) in [6, 6.07) is 2.51. The van der Waals surface area contributed by atoms with E-state index in [-0.39, 0.29) is 12.3 Å². The van der Waals surface area contributed by atoms with Gasteiger partial charge in [0.15, 0.2) is 5.75 Å². The molecule has 7 heteroatoms. The molecule has 1 aromatic carbocycles. The molecular formula is C13H14BrClFN3O. The number of hydrogen-bond donors (Lipinski definition) is 1. The number of benzene rings is 1. The molecule has 0 unspecified atom stereocenters. The summed E-state index contributed by atoms with van der Waals surface area (Å²) < 4.78 is 21.1. The van der Waals surface area contributed by atoms with E-state index >= 15 is 0 Å². The number of hydrogen-bond acceptors (Lipinski definition) is 3. The largest absolute Gasteiger partial charge is 0.484 e. The van der Waals surface area contributed by atoms with Gasteiger partial charge in [-0.2, -0.15) is 5.10 Å². The van der Waals surface area contributed by atoms with E-state index in [0.29, 0.717) is 21.8 Å². The van der Waals surface area contributed by atoms with Gasteiger partial charge in [0.05, 0.1) is 26.6 Å². The first kappa shape index (κ1) is 15.1. The standard InChI is InChI=1S/C13H14BrClFN3O/c1-3-19-11(12(15)7(2)18-19)6-20-13-9(14)4-8(16)5-10(13)17/h4-5H,3,6,17H2,1-2H3. The number of aromatic nitrogens is 2. The van der Waals surface area contributed by atoms with E-state index in [4.69, 9.17) is 22.1 Å². The zero-order chi connectivity index (χ0) is 14.9. The Morgan fingerprint density at radius 1 is 1.50 bits per heavy atom. The number of aryl methyl sites for hydroxylation is 2. The summed E-state index contributed by atoms with van der Waals surface area (Å²) in [5, 5.41) is 4.87. The highest BCUT2D eigenvalue weighted by molar-refractivity contribution is 9.10. The summed E-state index contributed by atoms with van der Waals surface area (Å²) in [5.74, 6) is -0.0295. The molecule has 0 saturated heterocycles. The van der Waals surface area contributed by atoms with Crippen molar-refractivity contribution in [1.82, 2.24) is 9.78 Å². The number of ether oxygens (including phenoxy) is 1. The smallest absolute Gasteiger partial charge is 0.157 e. The Kier molecular flexibility index (Phi) is 4.55. The van der Waals surface area contributed by atoms with Crippen molar-refractivity contribution in [2.24, 2.45) is 0 Å². The molecule has 20 heavy (non-hydrogen) atoms. The third kappa shape index (κ3) is 2.91. The third-order valence-corrected chi connectivity index (χ3v) is 3.92. The Labute approximate surface area is 129 Å². The van der Waals surface area contributed by atoms with Gasteiger partial charge in [-0.3, -0.25) is 4.68 Å². The molecule has 0 aliphatic carbocycles. The molecule has 108 valence electrons. The van der Waals surface area contributed by atoms with Crippen LogP contribution in [0.15, 0.2) is 16.6 Å². The van der Waals surface area contributed by atoms with E-state index in [1.165, 1.54) is 12.1 Å². The van der Waals surface area contributed by atoms with Crippen LogP contribution in [0.3, 0.4) is 0 Å². The first-order chi connectivity index (χ1) is 9.43. The lowest BCUT2D eigenvalue weighted by Crippen LogP contribution is -2.07. The second-order valence-electron chi connectivity index (χ2n) is 4.26. The maximum Gasteiger partial charge on any atom is 0.157 e. The second-order valence-corrected chi connectivity index (χ2v) is 5.49. The van der Waals surface area contributed by atoms with Crippen LogP contribution in [-0.2, 0) is 13.2 Å². The Morgan fingerprint density at radius 3 is 2.80 bits per heavy atom. The summed E-state index contributed by atoms with van der Waals surface area (Å²) >= 11 is 9.43. The molecule has 2 N–H and O–H groups in total. The van der Waals surface area contributed by atoms with Crippen LogP contribution in [0.1, 0.15) is 18.3 Å². The van der Waals surface area contributed by atoms with Crippen molar-refractivity contribution in [1.29, 1.82) is 0 Å². The molecule has 0 bridgehead atoms. The predicted molar refractivity (Wildman–Crippen MR) is 80.5 cm³/mol. The fourth-order valence-electron chi connectivity index (χ4n) is 1.88. The normalized spacial score (nSPS) is 10.8. The van der Waals surface area contributed by atoms with Crippen LogP contribution in [0.2, 0.25) is 5.02 Å². The molecule has 4 nitrogen and oxygen atoms in total. The molecule has 0 spiro atoms. The van der Waals surface area contributed by atoms with Crippen molar-refractivity contribution >= 4 is 33.2 Å². The topological polar surface area (TPSA) is 53.1 Å². The van der Waals surface area contributed by atoms with Crippen molar-refractivity contribution < 1.29 is 9.13 Å². The van der Waals surface area contributed by atoms with Gasteiger partial charge in [0.1, 0.15) is 12.4 Å². The van der Waals surface area contributed by atoms with E-state index in [1.807, 2.05) is 13.8 Å². The van der Waals surface area contributed by atoms with E-state index in [9.17, 15) is 4.39 Å². The molecule has 1 aromatic heterocycles. The van der Waals surface area contributed by atoms with Gasteiger partial charge in [-0.1, -0.05) is 11.6 Å². The van der Waals surface area contributed by atoms with Gasteiger partial charge < -0.3 is 10.5 Å². The van der Waals surface area contributed by atoms with Crippen LogP contribution < -0.4 is 10.5 Å². The number of nitrogen functional groups attached to an aromatic ring is 1. The number of halogens is 3. The average molecular weight is 363 g/mol. The quantitative estimate of drug-likeness (QED) is 0.839. The van der Waals surface area contributed by atoms with E-state index < -0.39 is 5.82 Å². The number of rotatable bonds is 4. The maximum absolute atomic E-state index is 13.2. The van der Waals surface area contributed by atoms with Gasteiger partial charge in [0, 0.05) is 12.6 Å². The molecule has 0 radical (unpaired) electrons. The second kappa shape index (κ2) is 6.01. The SMILES string of the molecule is CCn1nc(C)c(Cl)c1COc1c(N)cc(F)cc1Br. The van der Waals surface area contributed by atoms with Crippen LogP contribution in [0.4, 0.5) is 10.1 Å². The van der Waals surface area contributed by atoms with Gasteiger partial charge in [-0.05, 0) is 35.8 Å². The van der Waals surface area contributed by atoms with Gasteiger partial charge in [0.25, 0.3) is 0 Å². The zero-order valence-electron chi connectivity index (χ0n) is 11.1. The number of anilines is 1. The molecule has 2 rings (SSSR count). The lowest BCUT2D eigenvalue weighted by atomic mass is 10.3. The van der Waals surface area contributed by atoms with Crippen molar-refractivity contribution in [3.05, 3.63) is 38.8 Å².